The molecule has 2 aromatic carbocycles. The van der Waals surface area contributed by atoms with E-state index in [9.17, 15) is 4.79 Å². The molecule has 0 aliphatic rings. The smallest absolute Gasteiger partial charge is 0.224 e. The van der Waals surface area contributed by atoms with Crippen LogP contribution in [0.4, 0.5) is 0 Å². The average Bonchev–Trinajstić information content (AvgIpc) is 2.40. The summed E-state index contributed by atoms with van der Waals surface area (Å²) in [4.78, 5) is 12.0. The standard InChI is InChI=1S/C17H19NO/c1-13-8-10-16(11-9-13)14(2)18-17(19)12-15-6-4-3-5-7-15/h3-11,14H,12H2,1-2H3,(H,18,19)/t14-/m0/s1. The minimum Gasteiger partial charge on any atom is -0.349 e. The monoisotopic (exact) mass is 253 g/mol. The van der Waals surface area contributed by atoms with Gasteiger partial charge in [-0.1, -0.05) is 60.2 Å². The zero-order chi connectivity index (χ0) is 13.7. The van der Waals surface area contributed by atoms with Gasteiger partial charge in [0.25, 0.3) is 0 Å². The van der Waals surface area contributed by atoms with Crippen molar-refractivity contribution in [1.29, 1.82) is 0 Å². The number of hydrogen-bond donors (Lipinski definition) is 1. The van der Waals surface area contributed by atoms with Crippen molar-refractivity contribution >= 4 is 5.91 Å². The Morgan fingerprint density at radius 3 is 2.32 bits per heavy atom. The number of nitrogens with one attached hydrogen (secondary N) is 1. The molecule has 2 nitrogen and oxygen atoms in total. The molecule has 98 valence electrons. The number of carbonyl (C=O) groups excluding carboxylic acids is 1. The lowest BCUT2D eigenvalue weighted by molar-refractivity contribution is -0.121. The van der Waals surface area contributed by atoms with E-state index >= 15 is 0 Å². The molecule has 0 heterocycles. The first-order chi connectivity index (χ1) is 9.15. The van der Waals surface area contributed by atoms with Crippen molar-refractivity contribution in [2.24, 2.45) is 0 Å². The second-order valence-electron chi connectivity index (χ2n) is 4.86. The normalized spacial score (nSPS) is 11.9. The minimum absolute atomic E-state index is 0.0387. The maximum atomic E-state index is 12.0. The van der Waals surface area contributed by atoms with Gasteiger partial charge in [-0.15, -0.1) is 0 Å². The molecule has 0 radical (unpaired) electrons. The second kappa shape index (κ2) is 6.19. The Hall–Kier alpha value is -2.09. The van der Waals surface area contributed by atoms with E-state index in [2.05, 4.69) is 36.5 Å². The fourth-order valence-corrected chi connectivity index (χ4v) is 2.01. The van der Waals surface area contributed by atoms with Crippen LogP contribution in [0.15, 0.2) is 54.6 Å². The maximum absolute atomic E-state index is 12.0. The molecule has 2 heteroatoms. The van der Waals surface area contributed by atoms with Crippen LogP contribution in [0.2, 0.25) is 0 Å². The SMILES string of the molecule is Cc1ccc([C@H](C)NC(=O)Cc2ccccc2)cc1. The Kier molecular flexibility index (Phi) is 4.35. The number of hydrogen-bond acceptors (Lipinski definition) is 1. The van der Waals surface area contributed by atoms with Gasteiger partial charge in [-0.25, -0.2) is 0 Å². The number of aryl methyl sites for hydroxylation is 1. The van der Waals surface area contributed by atoms with E-state index in [1.165, 1.54) is 5.56 Å². The molecule has 0 unspecified atom stereocenters. The summed E-state index contributed by atoms with van der Waals surface area (Å²) >= 11 is 0. The molecule has 0 saturated carbocycles. The van der Waals surface area contributed by atoms with E-state index in [1.807, 2.05) is 37.3 Å². The first-order valence-electron chi connectivity index (χ1n) is 6.55. The molecule has 0 aliphatic heterocycles. The summed E-state index contributed by atoms with van der Waals surface area (Å²) in [6, 6.07) is 18.1. The Balaban J connectivity index is 1.93. The second-order valence-corrected chi connectivity index (χ2v) is 4.86. The molecule has 0 aliphatic carbocycles. The van der Waals surface area contributed by atoms with Crippen molar-refractivity contribution in [1.82, 2.24) is 5.32 Å². The first kappa shape index (κ1) is 13.3. The molecule has 0 spiro atoms. The van der Waals surface area contributed by atoms with Crippen molar-refractivity contribution < 1.29 is 4.79 Å². The highest BCUT2D eigenvalue weighted by Gasteiger charge is 2.09. The van der Waals surface area contributed by atoms with Crippen LogP contribution < -0.4 is 5.32 Å². The summed E-state index contributed by atoms with van der Waals surface area (Å²) in [5, 5.41) is 3.03. The highest BCUT2D eigenvalue weighted by molar-refractivity contribution is 5.78. The Labute approximate surface area is 114 Å². The Bertz CT molecular complexity index is 531. The summed E-state index contributed by atoms with van der Waals surface area (Å²) in [6.07, 6.45) is 0.428. The van der Waals surface area contributed by atoms with Crippen molar-refractivity contribution in [2.75, 3.05) is 0 Å². The van der Waals surface area contributed by atoms with Crippen LogP contribution in [0.3, 0.4) is 0 Å². The first-order valence-corrected chi connectivity index (χ1v) is 6.55. The lowest BCUT2D eigenvalue weighted by atomic mass is 10.1. The molecule has 0 fully saturated rings. The third-order valence-electron chi connectivity index (χ3n) is 3.16. The predicted octanol–water partition coefficient (Wildman–Crippen LogP) is 3.41. The summed E-state index contributed by atoms with van der Waals surface area (Å²) in [7, 11) is 0. The fraction of sp³-hybridized carbons (Fsp3) is 0.235. The predicted molar refractivity (Wildman–Crippen MR) is 77.9 cm³/mol. The molecular formula is C17H19NO. The highest BCUT2D eigenvalue weighted by Crippen LogP contribution is 2.13. The third kappa shape index (κ3) is 3.95. The zero-order valence-corrected chi connectivity index (χ0v) is 11.4. The van der Waals surface area contributed by atoms with Gasteiger partial charge in [-0.05, 0) is 25.0 Å². The molecule has 1 atom stereocenters. The molecule has 0 aromatic heterocycles. The van der Waals surface area contributed by atoms with Crippen molar-refractivity contribution in [3.63, 3.8) is 0 Å². The molecular weight excluding hydrogens is 234 g/mol. The van der Waals surface area contributed by atoms with Gasteiger partial charge in [0, 0.05) is 0 Å². The van der Waals surface area contributed by atoms with Gasteiger partial charge in [0.1, 0.15) is 0 Å². The highest BCUT2D eigenvalue weighted by atomic mass is 16.1. The van der Waals surface area contributed by atoms with Crippen LogP contribution in [0.1, 0.15) is 29.7 Å². The number of amides is 1. The van der Waals surface area contributed by atoms with Crippen LogP contribution in [0.25, 0.3) is 0 Å². The summed E-state index contributed by atoms with van der Waals surface area (Å²) in [5.74, 6) is 0.0549. The Morgan fingerprint density at radius 2 is 1.68 bits per heavy atom. The summed E-state index contributed by atoms with van der Waals surface area (Å²) in [6.45, 7) is 4.07. The van der Waals surface area contributed by atoms with E-state index in [4.69, 9.17) is 0 Å². The number of rotatable bonds is 4. The van der Waals surface area contributed by atoms with Crippen LogP contribution in [0.5, 0.6) is 0 Å². The summed E-state index contributed by atoms with van der Waals surface area (Å²) in [5.41, 5.74) is 3.40. The molecule has 2 aromatic rings. The van der Waals surface area contributed by atoms with Gasteiger partial charge in [0.15, 0.2) is 0 Å². The lowest BCUT2D eigenvalue weighted by Gasteiger charge is -2.14. The Morgan fingerprint density at radius 1 is 1.05 bits per heavy atom. The average molecular weight is 253 g/mol. The third-order valence-corrected chi connectivity index (χ3v) is 3.16. The van der Waals surface area contributed by atoms with E-state index < -0.39 is 0 Å². The van der Waals surface area contributed by atoms with Gasteiger partial charge in [0.05, 0.1) is 12.5 Å². The van der Waals surface area contributed by atoms with E-state index in [-0.39, 0.29) is 11.9 Å². The van der Waals surface area contributed by atoms with E-state index in [0.717, 1.165) is 11.1 Å². The van der Waals surface area contributed by atoms with Gasteiger partial charge < -0.3 is 5.32 Å². The quantitative estimate of drug-likeness (QED) is 0.888. The van der Waals surface area contributed by atoms with Gasteiger partial charge in [-0.3, -0.25) is 4.79 Å². The fourth-order valence-electron chi connectivity index (χ4n) is 2.01. The molecule has 0 bridgehead atoms. The van der Waals surface area contributed by atoms with Crippen LogP contribution in [0, 0.1) is 6.92 Å². The van der Waals surface area contributed by atoms with Gasteiger partial charge in [0.2, 0.25) is 5.91 Å². The minimum atomic E-state index is 0.0387. The zero-order valence-electron chi connectivity index (χ0n) is 11.4. The molecule has 1 amide bonds. The topological polar surface area (TPSA) is 29.1 Å². The molecule has 1 N–H and O–H groups in total. The van der Waals surface area contributed by atoms with Crippen molar-refractivity contribution in [2.45, 2.75) is 26.3 Å². The summed E-state index contributed by atoms with van der Waals surface area (Å²) < 4.78 is 0. The molecule has 2 rings (SSSR count). The van der Waals surface area contributed by atoms with Gasteiger partial charge in [-0.2, -0.15) is 0 Å². The molecule has 0 saturated heterocycles. The number of carbonyl (C=O) groups is 1. The lowest BCUT2D eigenvalue weighted by Crippen LogP contribution is -2.28. The van der Waals surface area contributed by atoms with Crippen molar-refractivity contribution in [3.05, 3.63) is 71.3 Å². The van der Waals surface area contributed by atoms with Crippen LogP contribution in [-0.4, -0.2) is 5.91 Å². The molecule has 19 heavy (non-hydrogen) atoms. The van der Waals surface area contributed by atoms with Crippen LogP contribution in [-0.2, 0) is 11.2 Å². The van der Waals surface area contributed by atoms with E-state index in [0.29, 0.717) is 6.42 Å². The van der Waals surface area contributed by atoms with Gasteiger partial charge >= 0.3 is 0 Å². The number of benzene rings is 2. The van der Waals surface area contributed by atoms with Crippen molar-refractivity contribution in [3.8, 4) is 0 Å². The van der Waals surface area contributed by atoms with E-state index in [1.54, 1.807) is 0 Å². The largest absolute Gasteiger partial charge is 0.349 e. The maximum Gasteiger partial charge on any atom is 0.224 e. The van der Waals surface area contributed by atoms with Crippen LogP contribution >= 0.6 is 0 Å².